The zero-order valence-corrected chi connectivity index (χ0v) is 14.1. The molecule has 1 aromatic rings. The van der Waals surface area contributed by atoms with Gasteiger partial charge in [-0.2, -0.15) is 0 Å². The van der Waals surface area contributed by atoms with Gasteiger partial charge in [-0.15, -0.1) is 0 Å². The third kappa shape index (κ3) is 4.42. The third-order valence-electron chi connectivity index (χ3n) is 4.38. The van der Waals surface area contributed by atoms with E-state index in [1.165, 1.54) is 6.08 Å². The molecule has 1 fully saturated rings. The van der Waals surface area contributed by atoms with Crippen LogP contribution in [0.4, 0.5) is 11.4 Å². The van der Waals surface area contributed by atoms with Gasteiger partial charge < -0.3 is 15.5 Å². The van der Waals surface area contributed by atoms with Crippen molar-refractivity contribution in [1.29, 1.82) is 0 Å². The number of benzene rings is 1. The molecular formula is C18H25N3O2. The highest BCUT2D eigenvalue weighted by Crippen LogP contribution is 2.25. The Morgan fingerprint density at radius 3 is 2.39 bits per heavy atom. The highest BCUT2D eigenvalue weighted by atomic mass is 16.2. The average molecular weight is 315 g/mol. The number of carbonyl (C=O) groups is 2. The third-order valence-corrected chi connectivity index (χ3v) is 4.38. The van der Waals surface area contributed by atoms with Gasteiger partial charge in [-0.25, -0.2) is 0 Å². The minimum absolute atomic E-state index is 0.0362. The molecule has 23 heavy (non-hydrogen) atoms. The maximum Gasteiger partial charge on any atom is 0.247 e. The van der Waals surface area contributed by atoms with Gasteiger partial charge >= 0.3 is 0 Å². The van der Waals surface area contributed by atoms with Gasteiger partial charge in [0.1, 0.15) is 0 Å². The fraction of sp³-hybridized carbons (Fsp3) is 0.444. The van der Waals surface area contributed by atoms with Crippen molar-refractivity contribution < 1.29 is 9.59 Å². The second-order valence-corrected chi connectivity index (χ2v) is 6.20. The molecule has 1 aliphatic heterocycles. The molecule has 2 amide bonds. The van der Waals surface area contributed by atoms with E-state index in [-0.39, 0.29) is 11.8 Å². The van der Waals surface area contributed by atoms with E-state index >= 15 is 0 Å². The molecular weight excluding hydrogens is 290 g/mol. The summed E-state index contributed by atoms with van der Waals surface area (Å²) in [5.74, 6) is -0.206. The Labute approximate surface area is 137 Å². The molecule has 2 N–H and O–H groups in total. The average Bonchev–Trinajstić information content (AvgIpc) is 2.89. The molecule has 124 valence electrons. The molecule has 0 radical (unpaired) electrons. The van der Waals surface area contributed by atoms with Crippen LogP contribution >= 0.6 is 0 Å². The van der Waals surface area contributed by atoms with Crippen molar-refractivity contribution in [3.8, 4) is 0 Å². The van der Waals surface area contributed by atoms with Gasteiger partial charge in [0.25, 0.3) is 0 Å². The highest BCUT2D eigenvalue weighted by Gasteiger charge is 2.23. The Morgan fingerprint density at radius 1 is 1.26 bits per heavy atom. The van der Waals surface area contributed by atoms with E-state index in [4.69, 9.17) is 0 Å². The summed E-state index contributed by atoms with van der Waals surface area (Å²) in [6, 6.07) is 4.10. The normalized spacial score (nSPS) is 17.8. The first-order valence-electron chi connectivity index (χ1n) is 7.95. The Balaban J connectivity index is 2.05. The monoisotopic (exact) mass is 315 g/mol. The van der Waals surface area contributed by atoms with Gasteiger partial charge in [0.15, 0.2) is 0 Å². The van der Waals surface area contributed by atoms with Crippen LogP contribution in [-0.4, -0.2) is 36.3 Å². The number of nitrogens with one attached hydrogen (secondary N) is 2. The van der Waals surface area contributed by atoms with E-state index < -0.39 is 0 Å². The minimum Gasteiger partial charge on any atom is -0.326 e. The van der Waals surface area contributed by atoms with Gasteiger partial charge in [-0.1, -0.05) is 6.58 Å². The van der Waals surface area contributed by atoms with Crippen LogP contribution in [0.15, 0.2) is 24.8 Å². The first-order chi connectivity index (χ1) is 10.9. The van der Waals surface area contributed by atoms with Crippen LogP contribution in [0.2, 0.25) is 0 Å². The summed E-state index contributed by atoms with van der Waals surface area (Å²) in [6.45, 7) is 8.33. The van der Waals surface area contributed by atoms with Crippen molar-refractivity contribution in [2.75, 3.05) is 24.2 Å². The first-order valence-corrected chi connectivity index (χ1v) is 7.95. The SMILES string of the molecule is C=CC(=O)Nc1cc(C)c(NC(=O)C[C@@H]2CCCN2C)cc1C. The number of hydrogen-bond acceptors (Lipinski definition) is 3. The molecule has 0 spiro atoms. The van der Waals surface area contributed by atoms with Crippen LogP contribution in [0.25, 0.3) is 0 Å². The first kappa shape index (κ1) is 17.2. The predicted molar refractivity (Wildman–Crippen MR) is 93.6 cm³/mol. The lowest BCUT2D eigenvalue weighted by Gasteiger charge is -2.19. The summed E-state index contributed by atoms with van der Waals surface area (Å²) in [5, 5.41) is 5.76. The van der Waals surface area contributed by atoms with E-state index in [1.54, 1.807) is 0 Å². The van der Waals surface area contributed by atoms with Crippen molar-refractivity contribution >= 4 is 23.2 Å². The summed E-state index contributed by atoms with van der Waals surface area (Å²) >= 11 is 0. The molecule has 1 aliphatic rings. The second-order valence-electron chi connectivity index (χ2n) is 6.20. The number of hydrogen-bond donors (Lipinski definition) is 2. The van der Waals surface area contributed by atoms with Crippen LogP contribution < -0.4 is 10.6 Å². The van der Waals surface area contributed by atoms with Crippen LogP contribution in [0.5, 0.6) is 0 Å². The van der Waals surface area contributed by atoms with Crippen molar-refractivity contribution in [2.24, 2.45) is 0 Å². The van der Waals surface area contributed by atoms with Crippen molar-refractivity contribution in [1.82, 2.24) is 4.90 Å². The molecule has 1 aromatic carbocycles. The number of anilines is 2. The quantitative estimate of drug-likeness (QED) is 0.821. The van der Waals surface area contributed by atoms with Gasteiger partial charge in [-0.3, -0.25) is 9.59 Å². The molecule has 1 atom stereocenters. The summed E-state index contributed by atoms with van der Waals surface area (Å²) in [4.78, 5) is 25.9. The van der Waals surface area contributed by atoms with E-state index in [1.807, 2.05) is 26.0 Å². The summed E-state index contributed by atoms with van der Waals surface area (Å²) < 4.78 is 0. The van der Waals surface area contributed by atoms with E-state index in [2.05, 4.69) is 29.2 Å². The lowest BCUT2D eigenvalue weighted by Crippen LogP contribution is -2.29. The van der Waals surface area contributed by atoms with Crippen molar-refractivity contribution in [2.45, 2.75) is 39.2 Å². The molecule has 5 nitrogen and oxygen atoms in total. The summed E-state index contributed by atoms with van der Waals surface area (Å²) in [6.07, 6.45) is 3.99. The lowest BCUT2D eigenvalue weighted by molar-refractivity contribution is -0.117. The summed E-state index contributed by atoms with van der Waals surface area (Å²) in [7, 11) is 2.07. The zero-order chi connectivity index (χ0) is 17.0. The smallest absolute Gasteiger partial charge is 0.247 e. The maximum atomic E-state index is 12.3. The molecule has 0 saturated carbocycles. The zero-order valence-electron chi connectivity index (χ0n) is 14.1. The number of carbonyl (C=O) groups excluding carboxylic acids is 2. The molecule has 0 aliphatic carbocycles. The number of amides is 2. The Kier molecular flexibility index (Phi) is 5.55. The van der Waals surface area contributed by atoms with Crippen LogP contribution in [0.1, 0.15) is 30.4 Å². The van der Waals surface area contributed by atoms with Crippen LogP contribution in [0, 0.1) is 13.8 Å². The molecule has 0 aromatic heterocycles. The standard InChI is InChI=1S/C18H25N3O2/c1-5-17(22)19-15-9-13(3)16(10-12(15)2)20-18(23)11-14-7-6-8-21(14)4/h5,9-10,14H,1,6-8,11H2,2-4H3,(H,19,22)(H,20,23)/t14-/m0/s1. The number of rotatable bonds is 5. The Bertz CT molecular complexity index is 625. The van der Waals surface area contributed by atoms with Gasteiger partial charge in [-0.05, 0) is 69.6 Å². The van der Waals surface area contributed by atoms with Crippen LogP contribution in [0.3, 0.4) is 0 Å². The Morgan fingerprint density at radius 2 is 1.87 bits per heavy atom. The summed E-state index contributed by atoms with van der Waals surface area (Å²) in [5.41, 5.74) is 3.35. The van der Waals surface area contributed by atoms with Gasteiger partial charge in [0, 0.05) is 23.8 Å². The fourth-order valence-corrected chi connectivity index (χ4v) is 2.92. The van der Waals surface area contributed by atoms with Crippen LogP contribution in [-0.2, 0) is 9.59 Å². The number of likely N-dealkylation sites (tertiary alicyclic amines) is 1. The number of aryl methyl sites for hydroxylation is 2. The van der Waals surface area contributed by atoms with Gasteiger partial charge in [0.2, 0.25) is 11.8 Å². The fourth-order valence-electron chi connectivity index (χ4n) is 2.92. The molecule has 2 rings (SSSR count). The van der Waals surface area contributed by atoms with E-state index in [0.717, 1.165) is 41.9 Å². The van der Waals surface area contributed by atoms with Crippen molar-refractivity contribution in [3.05, 3.63) is 35.9 Å². The topological polar surface area (TPSA) is 61.4 Å². The lowest BCUT2D eigenvalue weighted by atomic mass is 10.1. The second kappa shape index (κ2) is 7.42. The Hall–Kier alpha value is -2.14. The van der Waals surface area contributed by atoms with E-state index in [9.17, 15) is 9.59 Å². The largest absolute Gasteiger partial charge is 0.326 e. The highest BCUT2D eigenvalue weighted by molar-refractivity contribution is 6.00. The molecule has 5 heteroatoms. The van der Waals surface area contributed by atoms with Crippen molar-refractivity contribution in [3.63, 3.8) is 0 Å². The maximum absolute atomic E-state index is 12.3. The predicted octanol–water partition coefficient (Wildman–Crippen LogP) is 2.85. The minimum atomic E-state index is -0.242. The van der Waals surface area contributed by atoms with E-state index in [0.29, 0.717) is 12.5 Å². The molecule has 0 bridgehead atoms. The molecule has 1 heterocycles. The van der Waals surface area contributed by atoms with Gasteiger partial charge in [0.05, 0.1) is 0 Å². The number of nitrogens with zero attached hydrogens (tertiary/aromatic N) is 1. The molecule has 0 unspecified atom stereocenters. The molecule has 1 saturated heterocycles.